The lowest BCUT2D eigenvalue weighted by molar-refractivity contribution is 0.0659. The molecule has 2 aromatic rings. The van der Waals surface area contributed by atoms with Crippen LogP contribution in [0.3, 0.4) is 0 Å². The van der Waals surface area contributed by atoms with Crippen molar-refractivity contribution in [2.24, 2.45) is 5.92 Å². The highest BCUT2D eigenvalue weighted by atomic mass is 79.9. The molecule has 0 radical (unpaired) electrons. The Kier molecular flexibility index (Phi) is 5.20. The molecule has 26 heavy (non-hydrogen) atoms. The van der Waals surface area contributed by atoms with E-state index in [1.165, 1.54) is 12.8 Å². The van der Waals surface area contributed by atoms with E-state index in [4.69, 9.17) is 4.74 Å². The van der Waals surface area contributed by atoms with Gasteiger partial charge in [-0.25, -0.2) is 0 Å². The summed E-state index contributed by atoms with van der Waals surface area (Å²) >= 11 is 3.40. The number of hydrogen-bond donors (Lipinski definition) is 0. The van der Waals surface area contributed by atoms with Crippen LogP contribution < -0.4 is 4.74 Å². The standard InChI is InChI=1S/C20H22BrN3O2/c21-17-5-3-16(4-6-17)20(25)24-11-9-14(10-12-24)13-26-19-8-7-18(22-23-19)15-1-2-15/h3-8,14-15H,1-2,9-13H2. The minimum atomic E-state index is 0.110. The zero-order valence-electron chi connectivity index (χ0n) is 14.6. The van der Waals surface area contributed by atoms with Gasteiger partial charge in [0, 0.05) is 35.1 Å². The van der Waals surface area contributed by atoms with Crippen LogP contribution in [0.4, 0.5) is 0 Å². The molecule has 6 heteroatoms. The van der Waals surface area contributed by atoms with Crippen molar-refractivity contribution in [3.8, 4) is 5.88 Å². The third-order valence-corrected chi connectivity index (χ3v) is 5.64. The van der Waals surface area contributed by atoms with E-state index in [0.29, 0.717) is 24.3 Å². The Morgan fingerprint density at radius 2 is 1.77 bits per heavy atom. The summed E-state index contributed by atoms with van der Waals surface area (Å²) in [5.41, 5.74) is 1.83. The highest BCUT2D eigenvalue weighted by molar-refractivity contribution is 9.10. The summed E-state index contributed by atoms with van der Waals surface area (Å²) in [6.07, 6.45) is 4.37. The topological polar surface area (TPSA) is 55.3 Å². The minimum absolute atomic E-state index is 0.110. The number of amides is 1. The molecule has 1 aromatic heterocycles. The quantitative estimate of drug-likeness (QED) is 0.738. The normalized spacial score (nSPS) is 18.0. The van der Waals surface area contributed by atoms with Crippen molar-refractivity contribution < 1.29 is 9.53 Å². The molecule has 0 bridgehead atoms. The summed E-state index contributed by atoms with van der Waals surface area (Å²) in [5, 5.41) is 8.42. The van der Waals surface area contributed by atoms with Gasteiger partial charge >= 0.3 is 0 Å². The van der Waals surface area contributed by atoms with Crippen molar-refractivity contribution >= 4 is 21.8 Å². The fourth-order valence-corrected chi connectivity index (χ4v) is 3.55. The van der Waals surface area contributed by atoms with Crippen molar-refractivity contribution in [3.63, 3.8) is 0 Å². The number of carbonyl (C=O) groups excluding carboxylic acids is 1. The first-order valence-corrected chi connectivity index (χ1v) is 9.99. The van der Waals surface area contributed by atoms with Gasteiger partial charge in [-0.3, -0.25) is 4.79 Å². The molecule has 0 N–H and O–H groups in total. The summed E-state index contributed by atoms with van der Waals surface area (Å²) in [6.45, 7) is 2.18. The van der Waals surface area contributed by atoms with Crippen LogP contribution in [0.15, 0.2) is 40.9 Å². The molecule has 2 aliphatic rings. The van der Waals surface area contributed by atoms with Gasteiger partial charge < -0.3 is 9.64 Å². The molecule has 136 valence electrons. The maximum absolute atomic E-state index is 12.6. The predicted octanol–water partition coefficient (Wildman–Crippen LogP) is 4.05. The number of hydrogen-bond acceptors (Lipinski definition) is 4. The number of likely N-dealkylation sites (tertiary alicyclic amines) is 1. The highest BCUT2D eigenvalue weighted by Gasteiger charge is 2.26. The Labute approximate surface area is 161 Å². The van der Waals surface area contributed by atoms with Gasteiger partial charge in [-0.2, -0.15) is 5.10 Å². The van der Waals surface area contributed by atoms with Crippen LogP contribution in [0, 0.1) is 5.92 Å². The third kappa shape index (κ3) is 4.23. The van der Waals surface area contributed by atoms with Crippen LogP contribution in [-0.2, 0) is 0 Å². The number of carbonyl (C=O) groups is 1. The first kappa shape index (κ1) is 17.5. The fraction of sp³-hybridized carbons (Fsp3) is 0.450. The molecule has 1 saturated heterocycles. The minimum Gasteiger partial charge on any atom is -0.476 e. The fourth-order valence-electron chi connectivity index (χ4n) is 3.29. The molecule has 5 nitrogen and oxygen atoms in total. The third-order valence-electron chi connectivity index (χ3n) is 5.12. The van der Waals surface area contributed by atoms with E-state index in [1.807, 2.05) is 41.3 Å². The molecular formula is C20H22BrN3O2. The van der Waals surface area contributed by atoms with Gasteiger partial charge in [-0.05, 0) is 61.9 Å². The Hall–Kier alpha value is -1.95. The Bertz CT molecular complexity index is 752. The maximum Gasteiger partial charge on any atom is 0.253 e. The van der Waals surface area contributed by atoms with Crippen LogP contribution in [0.2, 0.25) is 0 Å². The summed E-state index contributed by atoms with van der Waals surface area (Å²) < 4.78 is 6.80. The molecule has 1 amide bonds. The number of halogens is 1. The number of aromatic nitrogens is 2. The van der Waals surface area contributed by atoms with E-state index < -0.39 is 0 Å². The average Bonchev–Trinajstić information content (AvgIpc) is 3.53. The Morgan fingerprint density at radius 3 is 2.38 bits per heavy atom. The Balaban J connectivity index is 1.24. The molecule has 0 atom stereocenters. The monoisotopic (exact) mass is 415 g/mol. The number of ether oxygens (including phenoxy) is 1. The largest absolute Gasteiger partial charge is 0.476 e. The van der Waals surface area contributed by atoms with Gasteiger partial charge in [0.2, 0.25) is 5.88 Å². The maximum atomic E-state index is 12.6. The Morgan fingerprint density at radius 1 is 1.04 bits per heavy atom. The number of nitrogens with zero attached hydrogens (tertiary/aromatic N) is 3. The van der Waals surface area contributed by atoms with Gasteiger partial charge in [-0.15, -0.1) is 5.10 Å². The summed E-state index contributed by atoms with van der Waals surface area (Å²) in [5.74, 6) is 1.78. The van der Waals surface area contributed by atoms with E-state index in [9.17, 15) is 4.79 Å². The predicted molar refractivity (Wildman–Crippen MR) is 102 cm³/mol. The molecule has 1 aliphatic carbocycles. The van der Waals surface area contributed by atoms with Gasteiger partial charge in [0.1, 0.15) is 0 Å². The van der Waals surface area contributed by atoms with E-state index in [1.54, 1.807) is 0 Å². The van der Waals surface area contributed by atoms with E-state index in [0.717, 1.165) is 41.7 Å². The second-order valence-corrected chi connectivity index (χ2v) is 8.04. The lowest BCUT2D eigenvalue weighted by atomic mass is 9.97. The SMILES string of the molecule is O=C(c1ccc(Br)cc1)N1CCC(COc2ccc(C3CC3)nn2)CC1. The van der Waals surface area contributed by atoms with Gasteiger partial charge in [-0.1, -0.05) is 15.9 Å². The summed E-state index contributed by atoms with van der Waals surface area (Å²) in [6, 6.07) is 11.5. The van der Waals surface area contributed by atoms with Crippen molar-refractivity contribution in [1.82, 2.24) is 15.1 Å². The average molecular weight is 416 g/mol. The summed E-state index contributed by atoms with van der Waals surface area (Å²) in [4.78, 5) is 14.5. The molecule has 1 saturated carbocycles. The molecule has 4 rings (SSSR count). The molecule has 0 unspecified atom stereocenters. The van der Waals surface area contributed by atoms with Gasteiger partial charge in [0.25, 0.3) is 5.91 Å². The zero-order chi connectivity index (χ0) is 17.9. The number of rotatable bonds is 5. The second kappa shape index (κ2) is 7.74. The zero-order valence-corrected chi connectivity index (χ0v) is 16.2. The molecule has 1 aliphatic heterocycles. The van der Waals surface area contributed by atoms with Crippen molar-refractivity contribution in [1.29, 1.82) is 0 Å². The molecule has 1 aromatic carbocycles. The number of piperidine rings is 1. The smallest absolute Gasteiger partial charge is 0.253 e. The molecule has 2 fully saturated rings. The first-order valence-electron chi connectivity index (χ1n) is 9.20. The van der Waals surface area contributed by atoms with Crippen molar-refractivity contribution in [2.45, 2.75) is 31.6 Å². The van der Waals surface area contributed by atoms with Crippen molar-refractivity contribution in [2.75, 3.05) is 19.7 Å². The lowest BCUT2D eigenvalue weighted by Crippen LogP contribution is -2.39. The van der Waals surface area contributed by atoms with Crippen LogP contribution in [0.5, 0.6) is 5.88 Å². The molecule has 2 heterocycles. The molecular weight excluding hydrogens is 394 g/mol. The highest BCUT2D eigenvalue weighted by Crippen LogP contribution is 2.38. The van der Waals surface area contributed by atoms with Crippen LogP contribution in [-0.4, -0.2) is 40.7 Å². The van der Waals surface area contributed by atoms with Gasteiger partial charge in [0.05, 0.1) is 12.3 Å². The lowest BCUT2D eigenvalue weighted by Gasteiger charge is -2.31. The van der Waals surface area contributed by atoms with Crippen LogP contribution in [0.1, 0.15) is 47.7 Å². The first-order chi connectivity index (χ1) is 12.7. The van der Waals surface area contributed by atoms with E-state index in [-0.39, 0.29) is 5.91 Å². The van der Waals surface area contributed by atoms with Crippen LogP contribution in [0.25, 0.3) is 0 Å². The summed E-state index contributed by atoms with van der Waals surface area (Å²) in [7, 11) is 0. The van der Waals surface area contributed by atoms with Crippen LogP contribution >= 0.6 is 15.9 Å². The second-order valence-electron chi connectivity index (χ2n) is 7.12. The van der Waals surface area contributed by atoms with Crippen molar-refractivity contribution in [3.05, 3.63) is 52.1 Å². The van der Waals surface area contributed by atoms with Gasteiger partial charge in [0.15, 0.2) is 0 Å². The number of benzene rings is 1. The van der Waals surface area contributed by atoms with E-state index >= 15 is 0 Å². The molecule has 0 spiro atoms. The van der Waals surface area contributed by atoms with E-state index in [2.05, 4.69) is 26.1 Å².